The number of amides is 3. The van der Waals surface area contributed by atoms with Gasteiger partial charge in [-0.25, -0.2) is 0 Å². The molecule has 8 nitrogen and oxygen atoms in total. The summed E-state index contributed by atoms with van der Waals surface area (Å²) in [5.41, 5.74) is 4.53. The molecule has 1 saturated carbocycles. The summed E-state index contributed by atoms with van der Waals surface area (Å²) in [6, 6.07) is -0.742. The van der Waals surface area contributed by atoms with Crippen molar-refractivity contribution in [2.45, 2.75) is 32.2 Å². The standard InChI is InChI=1S/C11H16N4O4/c1-6-8(17)13-7(16)5-15(6)10(18)11(3-2-4-11)9(12)14-19/h6,19H,2-5H2,1H3,(H2,12,14)(H,13,16,17). The van der Waals surface area contributed by atoms with Gasteiger partial charge < -0.3 is 15.8 Å². The summed E-state index contributed by atoms with van der Waals surface area (Å²) in [6.07, 6.45) is 1.70. The topological polar surface area (TPSA) is 125 Å². The van der Waals surface area contributed by atoms with Crippen LogP contribution in [0, 0.1) is 5.41 Å². The first kappa shape index (κ1) is 13.3. The van der Waals surface area contributed by atoms with Crippen molar-refractivity contribution in [2.24, 2.45) is 16.3 Å². The van der Waals surface area contributed by atoms with Crippen molar-refractivity contribution in [3.8, 4) is 0 Å². The maximum Gasteiger partial charge on any atom is 0.249 e. The Labute approximate surface area is 109 Å². The van der Waals surface area contributed by atoms with Crippen molar-refractivity contribution < 1.29 is 19.6 Å². The second-order valence-corrected chi connectivity index (χ2v) is 4.94. The fourth-order valence-electron chi connectivity index (χ4n) is 2.44. The third kappa shape index (κ3) is 1.92. The van der Waals surface area contributed by atoms with E-state index < -0.39 is 29.2 Å². The molecule has 104 valence electrons. The van der Waals surface area contributed by atoms with Crippen LogP contribution in [0.3, 0.4) is 0 Å². The molecule has 1 heterocycles. The molecule has 2 aliphatic rings. The number of hydrogen-bond donors (Lipinski definition) is 3. The lowest BCUT2D eigenvalue weighted by Crippen LogP contribution is -2.64. The molecular weight excluding hydrogens is 252 g/mol. The number of rotatable bonds is 2. The molecule has 0 aromatic carbocycles. The van der Waals surface area contributed by atoms with Gasteiger partial charge in [-0.05, 0) is 19.8 Å². The third-order valence-corrected chi connectivity index (χ3v) is 3.90. The Morgan fingerprint density at radius 3 is 2.63 bits per heavy atom. The Morgan fingerprint density at radius 1 is 1.53 bits per heavy atom. The lowest BCUT2D eigenvalue weighted by molar-refractivity contribution is -0.155. The van der Waals surface area contributed by atoms with Gasteiger partial charge in [-0.3, -0.25) is 19.7 Å². The molecule has 19 heavy (non-hydrogen) atoms. The molecular formula is C11H16N4O4. The lowest BCUT2D eigenvalue weighted by Gasteiger charge is -2.44. The Balaban J connectivity index is 2.27. The van der Waals surface area contributed by atoms with Gasteiger partial charge in [0.1, 0.15) is 18.0 Å². The van der Waals surface area contributed by atoms with E-state index in [0.29, 0.717) is 12.8 Å². The number of carbonyl (C=O) groups is 3. The molecule has 0 aromatic heterocycles. The summed E-state index contributed by atoms with van der Waals surface area (Å²) in [4.78, 5) is 36.6. The predicted molar refractivity (Wildman–Crippen MR) is 64.0 cm³/mol. The molecule has 0 bridgehead atoms. The molecule has 1 aliphatic heterocycles. The summed E-state index contributed by atoms with van der Waals surface area (Å²) in [5.74, 6) is -1.62. The van der Waals surface area contributed by atoms with E-state index in [-0.39, 0.29) is 12.4 Å². The predicted octanol–water partition coefficient (Wildman–Crippen LogP) is -1.22. The van der Waals surface area contributed by atoms with E-state index >= 15 is 0 Å². The highest BCUT2D eigenvalue weighted by Crippen LogP contribution is 2.43. The van der Waals surface area contributed by atoms with Crippen molar-refractivity contribution in [1.29, 1.82) is 0 Å². The van der Waals surface area contributed by atoms with Crippen LogP contribution in [0.5, 0.6) is 0 Å². The van der Waals surface area contributed by atoms with E-state index in [0.717, 1.165) is 6.42 Å². The van der Waals surface area contributed by atoms with E-state index in [9.17, 15) is 14.4 Å². The molecule has 4 N–H and O–H groups in total. The van der Waals surface area contributed by atoms with E-state index in [1.54, 1.807) is 0 Å². The number of carbonyl (C=O) groups excluding carboxylic acids is 3. The third-order valence-electron chi connectivity index (χ3n) is 3.90. The maximum absolute atomic E-state index is 12.5. The highest BCUT2D eigenvalue weighted by molar-refractivity contribution is 6.11. The molecule has 3 amide bonds. The molecule has 1 unspecified atom stereocenters. The zero-order chi connectivity index (χ0) is 14.2. The fraction of sp³-hybridized carbons (Fsp3) is 0.636. The maximum atomic E-state index is 12.5. The number of amidine groups is 1. The minimum atomic E-state index is -1.07. The number of imide groups is 1. The first-order valence-corrected chi connectivity index (χ1v) is 6.05. The zero-order valence-corrected chi connectivity index (χ0v) is 10.5. The number of nitrogens with one attached hydrogen (secondary N) is 1. The Kier molecular flexibility index (Phi) is 3.17. The van der Waals surface area contributed by atoms with E-state index in [4.69, 9.17) is 10.9 Å². The van der Waals surface area contributed by atoms with Crippen LogP contribution in [-0.4, -0.2) is 46.3 Å². The first-order valence-electron chi connectivity index (χ1n) is 6.05. The van der Waals surface area contributed by atoms with Crippen LogP contribution in [-0.2, 0) is 14.4 Å². The van der Waals surface area contributed by atoms with Crippen LogP contribution < -0.4 is 11.1 Å². The van der Waals surface area contributed by atoms with Crippen molar-refractivity contribution in [3.63, 3.8) is 0 Å². The second-order valence-electron chi connectivity index (χ2n) is 4.94. The van der Waals surface area contributed by atoms with Gasteiger partial charge in [0.2, 0.25) is 17.7 Å². The first-order chi connectivity index (χ1) is 8.92. The van der Waals surface area contributed by atoms with Gasteiger partial charge in [0, 0.05) is 0 Å². The summed E-state index contributed by atoms with van der Waals surface area (Å²) < 4.78 is 0. The van der Waals surface area contributed by atoms with Crippen molar-refractivity contribution in [3.05, 3.63) is 0 Å². The van der Waals surface area contributed by atoms with Crippen molar-refractivity contribution in [2.75, 3.05) is 6.54 Å². The van der Waals surface area contributed by atoms with Crippen molar-refractivity contribution >= 4 is 23.6 Å². The number of nitrogens with zero attached hydrogens (tertiary/aromatic N) is 2. The lowest BCUT2D eigenvalue weighted by atomic mass is 9.66. The fourth-order valence-corrected chi connectivity index (χ4v) is 2.44. The van der Waals surface area contributed by atoms with Gasteiger partial charge >= 0.3 is 0 Å². The average Bonchev–Trinajstić information content (AvgIpc) is 2.31. The molecule has 0 radical (unpaired) electrons. The quantitative estimate of drug-likeness (QED) is 0.190. The second kappa shape index (κ2) is 4.52. The Bertz CT molecular complexity index is 469. The van der Waals surface area contributed by atoms with Crippen LogP contribution in [0.15, 0.2) is 5.16 Å². The normalized spacial score (nSPS) is 26.7. The van der Waals surface area contributed by atoms with Crippen LogP contribution in [0.1, 0.15) is 26.2 Å². The minimum Gasteiger partial charge on any atom is -0.409 e. The number of hydrogen-bond acceptors (Lipinski definition) is 5. The Morgan fingerprint density at radius 2 is 2.16 bits per heavy atom. The molecule has 0 aromatic rings. The molecule has 2 fully saturated rings. The monoisotopic (exact) mass is 268 g/mol. The van der Waals surface area contributed by atoms with Gasteiger partial charge in [-0.2, -0.15) is 0 Å². The number of nitrogens with two attached hydrogens (primary N) is 1. The Hall–Kier alpha value is -2.12. The summed E-state index contributed by atoms with van der Waals surface area (Å²) in [6.45, 7) is 1.35. The van der Waals surface area contributed by atoms with Crippen LogP contribution in [0.2, 0.25) is 0 Å². The number of piperazine rings is 1. The number of oxime groups is 1. The summed E-state index contributed by atoms with van der Waals surface area (Å²) in [5, 5.41) is 13.9. The van der Waals surface area contributed by atoms with Gasteiger partial charge in [0.15, 0.2) is 5.84 Å². The van der Waals surface area contributed by atoms with Crippen LogP contribution in [0.25, 0.3) is 0 Å². The highest BCUT2D eigenvalue weighted by Gasteiger charge is 2.52. The van der Waals surface area contributed by atoms with Crippen molar-refractivity contribution in [1.82, 2.24) is 10.2 Å². The molecule has 0 spiro atoms. The molecule has 1 atom stereocenters. The molecule has 8 heteroatoms. The summed E-state index contributed by atoms with van der Waals surface area (Å²) in [7, 11) is 0. The summed E-state index contributed by atoms with van der Waals surface area (Å²) >= 11 is 0. The van der Waals surface area contributed by atoms with Gasteiger partial charge in [0.05, 0.1) is 0 Å². The molecule has 1 saturated heterocycles. The largest absolute Gasteiger partial charge is 0.409 e. The molecule has 1 aliphatic carbocycles. The van der Waals surface area contributed by atoms with Gasteiger partial charge in [0.25, 0.3) is 0 Å². The van der Waals surface area contributed by atoms with E-state index in [1.807, 2.05) is 0 Å². The SMILES string of the molecule is CC1C(=O)NC(=O)CN1C(=O)C1(C(N)=NO)CCC1. The van der Waals surface area contributed by atoms with Crippen LogP contribution in [0.4, 0.5) is 0 Å². The highest BCUT2D eigenvalue weighted by atomic mass is 16.4. The van der Waals surface area contributed by atoms with E-state index in [2.05, 4.69) is 10.5 Å². The average molecular weight is 268 g/mol. The minimum absolute atomic E-state index is 0.158. The van der Waals surface area contributed by atoms with Gasteiger partial charge in [-0.15, -0.1) is 0 Å². The smallest absolute Gasteiger partial charge is 0.249 e. The zero-order valence-electron chi connectivity index (χ0n) is 10.5. The molecule has 2 rings (SSSR count). The van der Waals surface area contributed by atoms with Crippen LogP contribution >= 0.6 is 0 Å². The van der Waals surface area contributed by atoms with Gasteiger partial charge in [-0.1, -0.05) is 11.6 Å². The van der Waals surface area contributed by atoms with E-state index in [1.165, 1.54) is 11.8 Å².